The maximum Gasteiger partial charge on any atom is 0.182 e. The molecule has 2 nitrogen and oxygen atoms in total. The van der Waals surface area contributed by atoms with Gasteiger partial charge in [-0.15, -0.1) is 0 Å². The van der Waals surface area contributed by atoms with Crippen LogP contribution in [0.25, 0.3) is 0 Å². The average molecular weight is 283 g/mol. The molecule has 110 valence electrons. The molecular formula is C19H23O2+. The van der Waals surface area contributed by atoms with Crippen molar-refractivity contribution in [3.63, 3.8) is 0 Å². The van der Waals surface area contributed by atoms with E-state index in [0.29, 0.717) is 12.7 Å². The number of aliphatic hydroxyl groups is 1. The van der Waals surface area contributed by atoms with Crippen LogP contribution in [0.4, 0.5) is 0 Å². The Kier molecular flexibility index (Phi) is 4.69. The molecule has 0 radical (unpaired) electrons. The van der Waals surface area contributed by atoms with Crippen molar-refractivity contribution >= 4 is 0 Å². The third-order valence-electron chi connectivity index (χ3n) is 4.25. The summed E-state index contributed by atoms with van der Waals surface area (Å²) >= 11 is 0. The summed E-state index contributed by atoms with van der Waals surface area (Å²) in [5.74, 6) is 0. The quantitative estimate of drug-likeness (QED) is 0.835. The fourth-order valence-corrected chi connectivity index (χ4v) is 3.13. The van der Waals surface area contributed by atoms with Crippen LogP contribution in [0.3, 0.4) is 0 Å². The lowest BCUT2D eigenvalue weighted by Crippen LogP contribution is -2.29. The first kappa shape index (κ1) is 14.3. The van der Waals surface area contributed by atoms with Crippen LogP contribution in [-0.4, -0.2) is 18.3 Å². The van der Waals surface area contributed by atoms with Gasteiger partial charge in [-0.05, 0) is 12.0 Å². The second-order valence-corrected chi connectivity index (χ2v) is 5.73. The van der Waals surface area contributed by atoms with E-state index in [1.807, 2.05) is 30.3 Å². The van der Waals surface area contributed by atoms with E-state index in [4.69, 9.17) is 0 Å². The smallest absolute Gasteiger partial charge is 0.182 e. The van der Waals surface area contributed by atoms with Crippen LogP contribution in [0.2, 0.25) is 0 Å². The zero-order valence-electron chi connectivity index (χ0n) is 12.3. The lowest BCUT2D eigenvalue weighted by molar-refractivity contribution is -0.235. The van der Waals surface area contributed by atoms with Crippen LogP contribution < -0.4 is 0 Å². The molecule has 2 unspecified atom stereocenters. The van der Waals surface area contributed by atoms with Crippen molar-refractivity contribution in [2.24, 2.45) is 0 Å². The van der Waals surface area contributed by atoms with Crippen LogP contribution in [0.15, 0.2) is 60.7 Å². The third-order valence-corrected chi connectivity index (χ3v) is 4.25. The Morgan fingerprint density at radius 2 is 1.62 bits per heavy atom. The molecule has 2 atom stereocenters. The highest BCUT2D eigenvalue weighted by Crippen LogP contribution is 2.35. The van der Waals surface area contributed by atoms with Gasteiger partial charge in [0, 0.05) is 18.4 Å². The number of hydrogen-bond acceptors (Lipinski definition) is 1. The highest BCUT2D eigenvalue weighted by atomic mass is 16.7. The number of aliphatic hydroxyl groups excluding tert-OH is 1. The first-order valence-electron chi connectivity index (χ1n) is 7.79. The van der Waals surface area contributed by atoms with E-state index in [1.165, 1.54) is 18.4 Å². The maximum absolute atomic E-state index is 10.5. The van der Waals surface area contributed by atoms with Gasteiger partial charge in [0.2, 0.25) is 0 Å². The first-order chi connectivity index (χ1) is 10.3. The minimum absolute atomic E-state index is 0.360. The van der Waals surface area contributed by atoms with Crippen molar-refractivity contribution in [3.8, 4) is 0 Å². The Hall–Kier alpha value is -1.64. The average Bonchev–Trinajstić information content (AvgIpc) is 2.57. The molecule has 0 aliphatic carbocycles. The van der Waals surface area contributed by atoms with Gasteiger partial charge in [-0.25, -0.2) is 0 Å². The largest absolute Gasteiger partial charge is 0.414 e. The topological polar surface area (TPSA) is 22.9 Å². The molecule has 1 aliphatic heterocycles. The molecule has 0 saturated carbocycles. The highest BCUT2D eigenvalue weighted by Gasteiger charge is 2.31. The summed E-state index contributed by atoms with van der Waals surface area (Å²) in [6.45, 7) is 1.62. The summed E-state index contributed by atoms with van der Waals surface area (Å²) in [5.41, 5.74) is 2.32. The molecule has 0 bridgehead atoms. The minimum atomic E-state index is -0.444. The number of rotatable bonds is 4. The van der Waals surface area contributed by atoms with Crippen molar-refractivity contribution in [2.45, 2.75) is 31.5 Å². The predicted molar refractivity (Wildman–Crippen MR) is 85.3 cm³/mol. The highest BCUT2D eigenvalue weighted by molar-refractivity contribution is 5.19. The van der Waals surface area contributed by atoms with E-state index in [9.17, 15) is 5.11 Å². The third kappa shape index (κ3) is 3.52. The van der Waals surface area contributed by atoms with Crippen LogP contribution in [0.1, 0.15) is 42.6 Å². The first-order valence-corrected chi connectivity index (χ1v) is 7.79. The number of benzene rings is 2. The van der Waals surface area contributed by atoms with Gasteiger partial charge < -0.3 is 9.47 Å². The van der Waals surface area contributed by atoms with E-state index in [-0.39, 0.29) is 0 Å². The van der Waals surface area contributed by atoms with E-state index in [1.54, 1.807) is 0 Å². The van der Waals surface area contributed by atoms with Crippen LogP contribution >= 0.6 is 0 Å². The van der Waals surface area contributed by atoms with Gasteiger partial charge in [-0.3, -0.25) is 0 Å². The Morgan fingerprint density at radius 3 is 2.33 bits per heavy atom. The molecule has 1 N–H and O–H groups in total. The Bertz CT molecular complexity index is 538. The van der Waals surface area contributed by atoms with Gasteiger partial charge in [0.25, 0.3) is 0 Å². The molecule has 3 rings (SSSR count). The fraction of sp³-hybridized carbons (Fsp3) is 0.368. The molecule has 2 heteroatoms. The second-order valence-electron chi connectivity index (χ2n) is 5.73. The molecule has 0 amide bonds. The maximum atomic E-state index is 10.5. The van der Waals surface area contributed by atoms with Crippen molar-refractivity contribution < 1.29 is 9.47 Å². The molecular weight excluding hydrogens is 260 g/mol. The van der Waals surface area contributed by atoms with Crippen molar-refractivity contribution in [2.75, 3.05) is 13.2 Å². The van der Waals surface area contributed by atoms with E-state index >= 15 is 0 Å². The molecule has 1 fully saturated rings. The monoisotopic (exact) mass is 283 g/mol. The van der Waals surface area contributed by atoms with Gasteiger partial charge in [0.1, 0.15) is 12.7 Å². The van der Waals surface area contributed by atoms with E-state index in [0.717, 1.165) is 18.6 Å². The molecule has 2 aromatic carbocycles. The molecule has 1 saturated heterocycles. The van der Waals surface area contributed by atoms with Gasteiger partial charge in [-0.2, -0.15) is 0 Å². The zero-order valence-corrected chi connectivity index (χ0v) is 12.3. The van der Waals surface area contributed by atoms with E-state index < -0.39 is 6.10 Å². The predicted octanol–water partition coefficient (Wildman–Crippen LogP) is 4.20. The molecule has 1 aliphatic rings. The standard InChI is InChI=1S/C19H23O2/c20-18(16-9-3-1-4-10-16)15-21-14-8-7-13-19(21)17-11-5-2-6-12-17/h1-6,9-12,18-20H,7-8,13-15H2/q+1. The second kappa shape index (κ2) is 6.88. The van der Waals surface area contributed by atoms with Crippen molar-refractivity contribution in [1.29, 1.82) is 0 Å². The Morgan fingerprint density at radius 1 is 0.952 bits per heavy atom. The van der Waals surface area contributed by atoms with Gasteiger partial charge in [0.05, 0.1) is 0 Å². The summed E-state index contributed by atoms with van der Waals surface area (Å²) in [4.78, 5) is 0. The van der Waals surface area contributed by atoms with Gasteiger partial charge in [-0.1, -0.05) is 60.7 Å². The lowest BCUT2D eigenvalue weighted by atomic mass is 10.0. The van der Waals surface area contributed by atoms with Crippen LogP contribution in [0.5, 0.6) is 0 Å². The normalized spacial score (nSPS) is 21.1. The Balaban J connectivity index is 1.73. The summed E-state index contributed by atoms with van der Waals surface area (Å²) < 4.78 is 3.36. The van der Waals surface area contributed by atoms with Gasteiger partial charge >= 0.3 is 0 Å². The Labute approximate surface area is 126 Å². The summed E-state index contributed by atoms with van der Waals surface area (Å²) in [7, 11) is 0. The minimum Gasteiger partial charge on any atom is -0.414 e. The SMILES string of the molecule is OC(C[O+]1CCCCC1c1ccccc1)c1ccccc1. The lowest BCUT2D eigenvalue weighted by Gasteiger charge is -2.33. The van der Waals surface area contributed by atoms with Crippen molar-refractivity contribution in [3.05, 3.63) is 71.8 Å². The van der Waals surface area contributed by atoms with Gasteiger partial charge in [0.15, 0.2) is 12.7 Å². The number of hydrogen-bond donors (Lipinski definition) is 1. The van der Waals surface area contributed by atoms with Crippen LogP contribution in [0, 0.1) is 0 Å². The molecule has 1 heterocycles. The fourth-order valence-electron chi connectivity index (χ4n) is 3.13. The molecule has 2 aromatic rings. The van der Waals surface area contributed by atoms with Crippen molar-refractivity contribution in [1.82, 2.24) is 0 Å². The molecule has 0 aromatic heterocycles. The molecule has 0 spiro atoms. The summed E-state index contributed by atoms with van der Waals surface area (Å²) in [5, 5.41) is 10.5. The zero-order chi connectivity index (χ0) is 14.5. The van der Waals surface area contributed by atoms with Crippen LogP contribution in [-0.2, 0) is 4.37 Å². The van der Waals surface area contributed by atoms with E-state index in [2.05, 4.69) is 34.7 Å². The summed E-state index contributed by atoms with van der Waals surface area (Å²) in [6, 6.07) is 20.5. The summed E-state index contributed by atoms with van der Waals surface area (Å²) in [6.07, 6.45) is 3.51. The molecule has 21 heavy (non-hydrogen) atoms.